The molecule has 2 heterocycles. The van der Waals surface area contributed by atoms with Crippen LogP contribution in [0.3, 0.4) is 0 Å². The summed E-state index contributed by atoms with van der Waals surface area (Å²) in [6.07, 6.45) is -0.972. The topological polar surface area (TPSA) is 128 Å². The SMILES string of the molecule is COC(=O)NCC(F)(F)F.Fc1ccc(Cc2ccc(F)cc2)cc1.NCC(=O)Nc1cncc(F)c1CC[C@@H]1CNCCO1. The maximum Gasteiger partial charge on any atom is 0.407 e. The van der Waals surface area contributed by atoms with Crippen molar-refractivity contribution in [3.63, 3.8) is 0 Å². The van der Waals surface area contributed by atoms with Crippen molar-refractivity contribution in [2.45, 2.75) is 31.5 Å². The van der Waals surface area contributed by atoms with E-state index in [-0.39, 0.29) is 30.2 Å². The van der Waals surface area contributed by atoms with Crippen LogP contribution in [0.1, 0.15) is 23.1 Å². The average Bonchev–Trinajstić information content (AvgIpc) is 3.02. The maximum atomic E-state index is 13.9. The summed E-state index contributed by atoms with van der Waals surface area (Å²) in [5.41, 5.74) is 8.10. The number of benzene rings is 2. The molecule has 0 saturated carbocycles. The van der Waals surface area contributed by atoms with Crippen LogP contribution in [0.25, 0.3) is 0 Å². The summed E-state index contributed by atoms with van der Waals surface area (Å²) in [6.45, 7) is 0.765. The highest BCUT2D eigenvalue weighted by molar-refractivity contribution is 5.92. The summed E-state index contributed by atoms with van der Waals surface area (Å²) in [5.74, 6) is -1.27. The van der Waals surface area contributed by atoms with E-state index >= 15 is 0 Å². The van der Waals surface area contributed by atoms with Crippen LogP contribution in [0.2, 0.25) is 0 Å². The number of nitrogens with one attached hydrogen (secondary N) is 3. The van der Waals surface area contributed by atoms with E-state index < -0.39 is 24.6 Å². The third-order valence-corrected chi connectivity index (χ3v) is 6.04. The molecule has 15 heteroatoms. The van der Waals surface area contributed by atoms with Gasteiger partial charge in [0.15, 0.2) is 0 Å². The van der Waals surface area contributed by atoms with Crippen LogP contribution in [0.4, 0.5) is 36.8 Å². The molecule has 5 N–H and O–H groups in total. The number of carbonyl (C=O) groups excluding carboxylic acids is 2. The minimum atomic E-state index is -4.38. The second-order valence-corrected chi connectivity index (χ2v) is 9.53. The van der Waals surface area contributed by atoms with Gasteiger partial charge in [-0.1, -0.05) is 24.3 Å². The van der Waals surface area contributed by atoms with Crippen molar-refractivity contribution >= 4 is 17.7 Å². The van der Waals surface area contributed by atoms with E-state index in [9.17, 15) is 35.9 Å². The van der Waals surface area contributed by atoms with Gasteiger partial charge in [0.05, 0.1) is 44.4 Å². The van der Waals surface area contributed by atoms with E-state index in [2.05, 4.69) is 20.4 Å². The zero-order valence-corrected chi connectivity index (χ0v) is 24.4. The lowest BCUT2D eigenvalue weighted by atomic mass is 10.1. The number of hydrogen-bond donors (Lipinski definition) is 4. The number of methoxy groups -OCH3 is 1. The minimum absolute atomic E-state index is 0.0642. The molecule has 0 spiro atoms. The van der Waals surface area contributed by atoms with Gasteiger partial charge < -0.3 is 31.2 Å². The first kappa shape index (κ1) is 37.0. The number of morpholine rings is 1. The van der Waals surface area contributed by atoms with E-state index in [1.165, 1.54) is 35.8 Å². The van der Waals surface area contributed by atoms with Crippen LogP contribution < -0.4 is 21.7 Å². The monoisotopic (exact) mass is 643 g/mol. The number of anilines is 1. The van der Waals surface area contributed by atoms with E-state index in [4.69, 9.17) is 10.5 Å². The van der Waals surface area contributed by atoms with Gasteiger partial charge in [0.25, 0.3) is 0 Å². The maximum absolute atomic E-state index is 13.9. The third-order valence-electron chi connectivity index (χ3n) is 6.04. The molecule has 1 atom stereocenters. The summed E-state index contributed by atoms with van der Waals surface area (Å²) in [6, 6.07) is 12.7. The largest absolute Gasteiger partial charge is 0.453 e. The number of carbonyl (C=O) groups is 2. The number of ether oxygens (including phenoxy) is 2. The molecule has 1 aliphatic rings. The number of rotatable bonds is 8. The lowest BCUT2D eigenvalue weighted by Gasteiger charge is -2.24. The number of alkyl carbamates (subject to hydrolysis) is 1. The van der Waals surface area contributed by atoms with Crippen molar-refractivity contribution in [1.29, 1.82) is 0 Å². The molecule has 246 valence electrons. The molecule has 3 aromatic rings. The predicted octanol–water partition coefficient (Wildman–Crippen LogP) is 4.50. The van der Waals surface area contributed by atoms with Crippen molar-refractivity contribution in [2.24, 2.45) is 5.73 Å². The van der Waals surface area contributed by atoms with Gasteiger partial charge in [0, 0.05) is 18.7 Å². The number of nitrogens with zero attached hydrogens (tertiary/aromatic N) is 1. The van der Waals surface area contributed by atoms with Crippen LogP contribution in [0.5, 0.6) is 0 Å². The first-order valence-corrected chi connectivity index (χ1v) is 13.7. The molecule has 2 aromatic carbocycles. The third kappa shape index (κ3) is 15.4. The van der Waals surface area contributed by atoms with Crippen LogP contribution >= 0.6 is 0 Å². The number of alkyl halides is 3. The molecule has 0 bridgehead atoms. The van der Waals surface area contributed by atoms with Crippen LogP contribution in [0.15, 0.2) is 60.9 Å². The van der Waals surface area contributed by atoms with Crippen LogP contribution in [-0.4, -0.2) is 69.2 Å². The van der Waals surface area contributed by atoms with Crippen molar-refractivity contribution in [1.82, 2.24) is 15.6 Å². The van der Waals surface area contributed by atoms with Crippen LogP contribution in [0, 0.1) is 17.5 Å². The lowest BCUT2D eigenvalue weighted by Crippen LogP contribution is -2.38. The molecule has 0 radical (unpaired) electrons. The van der Waals surface area contributed by atoms with E-state index in [0.717, 1.165) is 37.5 Å². The molecule has 1 aliphatic heterocycles. The molecule has 1 saturated heterocycles. The molecule has 4 rings (SSSR count). The molecular weight excluding hydrogens is 608 g/mol. The number of halogens is 6. The van der Waals surface area contributed by atoms with Gasteiger partial charge in [-0.05, 0) is 54.7 Å². The average molecular weight is 644 g/mol. The number of amides is 2. The Morgan fingerprint density at radius 1 is 1.02 bits per heavy atom. The van der Waals surface area contributed by atoms with Gasteiger partial charge in [0.1, 0.15) is 24.0 Å². The second-order valence-electron chi connectivity index (χ2n) is 9.53. The summed E-state index contributed by atoms with van der Waals surface area (Å²) in [5, 5.41) is 7.28. The highest BCUT2D eigenvalue weighted by Crippen LogP contribution is 2.21. The first-order chi connectivity index (χ1) is 21.4. The molecule has 2 amide bonds. The zero-order chi connectivity index (χ0) is 33.2. The highest BCUT2D eigenvalue weighted by Gasteiger charge is 2.27. The number of pyridine rings is 1. The molecular formula is C30H35F6N5O4. The fraction of sp³-hybridized carbons (Fsp3) is 0.367. The molecule has 0 unspecified atom stereocenters. The van der Waals surface area contributed by atoms with E-state index in [1.54, 1.807) is 24.3 Å². The molecule has 45 heavy (non-hydrogen) atoms. The van der Waals surface area contributed by atoms with Gasteiger partial charge in [-0.25, -0.2) is 18.0 Å². The Kier molecular flexibility index (Phi) is 15.8. The lowest BCUT2D eigenvalue weighted by molar-refractivity contribution is -0.123. The second kappa shape index (κ2) is 19.2. The van der Waals surface area contributed by atoms with Crippen molar-refractivity contribution in [3.05, 3.63) is 95.1 Å². The number of aromatic nitrogens is 1. The van der Waals surface area contributed by atoms with Crippen molar-refractivity contribution in [3.8, 4) is 0 Å². The Morgan fingerprint density at radius 3 is 2.11 bits per heavy atom. The van der Waals surface area contributed by atoms with Gasteiger partial charge >= 0.3 is 12.3 Å². The van der Waals surface area contributed by atoms with Crippen molar-refractivity contribution < 1.29 is 45.4 Å². The molecule has 9 nitrogen and oxygen atoms in total. The Hall–Kier alpha value is -4.21. The zero-order valence-electron chi connectivity index (χ0n) is 24.4. The fourth-order valence-corrected chi connectivity index (χ4v) is 3.82. The summed E-state index contributed by atoms with van der Waals surface area (Å²) >= 11 is 0. The Bertz CT molecular complexity index is 1280. The Morgan fingerprint density at radius 2 is 1.62 bits per heavy atom. The molecule has 1 aromatic heterocycles. The predicted molar refractivity (Wildman–Crippen MR) is 155 cm³/mol. The standard InChI is InChI=1S/C13H10F2.C13H19FN4O2.C4H6F3NO2/c14-12-5-1-10(2-6-12)9-11-3-7-13(15)8-4-11;14-11-7-17-8-12(18-13(19)5-15)10(11)2-1-9-6-16-3-4-20-9;1-10-3(9)8-2-4(5,6)7/h1-8H,9H2;7-9,16H,1-6,15H2,(H,18,19);2H2,1H3,(H,8,9)/t;9-;/m.1./s1. The smallest absolute Gasteiger partial charge is 0.407 e. The highest BCUT2D eigenvalue weighted by atomic mass is 19.4. The van der Waals surface area contributed by atoms with Gasteiger partial charge in [-0.3, -0.25) is 9.78 Å². The Labute approximate surface area is 256 Å². The summed E-state index contributed by atoms with van der Waals surface area (Å²) in [7, 11) is 0.992. The normalized spacial score (nSPS) is 14.2. The van der Waals surface area contributed by atoms with Gasteiger partial charge in [0.2, 0.25) is 5.91 Å². The summed E-state index contributed by atoms with van der Waals surface area (Å²) in [4.78, 5) is 25.1. The van der Waals surface area contributed by atoms with Crippen LogP contribution in [-0.2, 0) is 27.1 Å². The quantitative estimate of drug-likeness (QED) is 0.266. The van der Waals surface area contributed by atoms with Gasteiger partial charge in [-0.2, -0.15) is 13.2 Å². The summed E-state index contributed by atoms with van der Waals surface area (Å²) < 4.78 is 82.4. The first-order valence-electron chi connectivity index (χ1n) is 13.7. The molecule has 0 aliphatic carbocycles. The number of nitrogens with two attached hydrogens (primary N) is 1. The number of hydrogen-bond acceptors (Lipinski definition) is 7. The van der Waals surface area contributed by atoms with Crippen molar-refractivity contribution in [2.75, 3.05) is 45.2 Å². The fourth-order valence-electron chi connectivity index (χ4n) is 3.82. The van der Waals surface area contributed by atoms with Gasteiger partial charge in [-0.15, -0.1) is 0 Å². The molecule has 1 fully saturated rings. The van der Waals surface area contributed by atoms with E-state index in [0.29, 0.717) is 37.1 Å². The minimum Gasteiger partial charge on any atom is -0.453 e. The van der Waals surface area contributed by atoms with E-state index in [1.807, 2.05) is 0 Å². The Balaban J connectivity index is 0.000000250.